The van der Waals surface area contributed by atoms with Crippen LogP contribution in [0.1, 0.15) is 96.0 Å². The average Bonchev–Trinajstić information content (AvgIpc) is 4.30. The molecule has 6 aromatic rings. The van der Waals surface area contributed by atoms with E-state index in [0.29, 0.717) is 31.1 Å². The minimum absolute atomic E-state index is 0.0454. The fourth-order valence-electron chi connectivity index (χ4n) is 13.7. The van der Waals surface area contributed by atoms with Crippen LogP contribution in [0, 0.1) is 0 Å². The Hall–Kier alpha value is -7.28. The monoisotopic (exact) mass is 1090 g/mol. The highest BCUT2D eigenvalue weighted by molar-refractivity contribution is 5.59. The van der Waals surface area contributed by atoms with Crippen LogP contribution in [0.4, 0.5) is 0 Å². The van der Waals surface area contributed by atoms with Crippen LogP contribution in [0.3, 0.4) is 0 Å². The number of benzene rings is 6. The highest BCUT2D eigenvalue weighted by Crippen LogP contribution is 2.50. The Kier molecular flexibility index (Phi) is 14.9. The molecule has 0 bridgehead atoms. The van der Waals surface area contributed by atoms with Crippen molar-refractivity contribution >= 4 is 0 Å². The van der Waals surface area contributed by atoms with Crippen molar-refractivity contribution < 1.29 is 67.1 Å². The Morgan fingerprint density at radius 1 is 0.375 bits per heavy atom. The third-order valence-corrected chi connectivity index (χ3v) is 17.7. The summed E-state index contributed by atoms with van der Waals surface area (Å²) in [6.45, 7) is 6.01. The highest BCUT2D eigenvalue weighted by atomic mass is 16.7. The van der Waals surface area contributed by atoms with Gasteiger partial charge in [-0.1, -0.05) is 0 Å². The number of fused-ring (bicyclic) bond motifs is 14. The predicted octanol–water partition coefficient (Wildman–Crippen LogP) is 8.54. The lowest BCUT2D eigenvalue weighted by Gasteiger charge is -2.42. The average molecular weight is 1090 g/mol. The maximum absolute atomic E-state index is 10.0. The summed E-state index contributed by atoms with van der Waals surface area (Å²) in [6, 6.07) is 21.5. The molecule has 0 saturated heterocycles. The molecule has 17 heteroatoms. The van der Waals surface area contributed by atoms with Gasteiger partial charge in [0.2, 0.25) is 13.6 Å². The molecule has 0 unspecified atom stereocenters. The SMILES string of the molecule is COc1cc(OC)c2c(c1CO)C[C@H]1c3cc4c(cc3CCN1C2)OCO4.COc1cc2c(c(OC)c1)CN1CCc3cc4c(cc3[C@@H]1C2)OCO4.COc1cc2c(cc1OC)[C@@H]1Cc3c(CO)c(OC)cc(OC)c3CN1CC2. The van der Waals surface area contributed by atoms with Crippen molar-refractivity contribution in [3.8, 4) is 69.0 Å². The summed E-state index contributed by atoms with van der Waals surface area (Å²) in [4.78, 5) is 7.51. The molecule has 6 aromatic carbocycles. The van der Waals surface area contributed by atoms with E-state index in [0.717, 1.165) is 169 Å². The number of aliphatic hydroxyl groups excluding tert-OH is 2. The van der Waals surface area contributed by atoms with Gasteiger partial charge in [-0.15, -0.1) is 0 Å². The van der Waals surface area contributed by atoms with E-state index in [-0.39, 0.29) is 25.3 Å². The lowest BCUT2D eigenvalue weighted by Crippen LogP contribution is -2.40. The van der Waals surface area contributed by atoms with E-state index >= 15 is 0 Å². The van der Waals surface area contributed by atoms with Crippen LogP contribution in [0.2, 0.25) is 0 Å². The Bertz CT molecular complexity index is 3350. The Morgan fingerprint density at radius 2 is 0.762 bits per heavy atom. The maximum atomic E-state index is 10.0. The molecular weight excluding hydrogens is 1020 g/mol. The lowest BCUT2D eigenvalue weighted by molar-refractivity contribution is 0.155. The van der Waals surface area contributed by atoms with Crippen molar-refractivity contribution in [3.63, 3.8) is 0 Å². The topological polar surface area (TPSA) is 161 Å². The van der Waals surface area contributed by atoms with Crippen LogP contribution in [0.15, 0.2) is 60.7 Å². The summed E-state index contributed by atoms with van der Waals surface area (Å²) in [6.07, 6.45) is 5.55. The summed E-state index contributed by atoms with van der Waals surface area (Å²) >= 11 is 0. The molecule has 0 aliphatic carbocycles. The molecule has 0 fully saturated rings. The molecule has 0 aromatic heterocycles. The number of ether oxygens (including phenoxy) is 12. The van der Waals surface area contributed by atoms with Gasteiger partial charge in [-0.05, 0) is 131 Å². The molecule has 17 nitrogen and oxygen atoms in total. The zero-order chi connectivity index (χ0) is 55.3. The summed E-state index contributed by atoms with van der Waals surface area (Å²) in [5, 5.41) is 20.1. The van der Waals surface area contributed by atoms with E-state index < -0.39 is 0 Å². The number of hydrogen-bond acceptors (Lipinski definition) is 17. The second-order valence-corrected chi connectivity index (χ2v) is 21.3. The largest absolute Gasteiger partial charge is 0.497 e. The number of hydrogen-bond donors (Lipinski definition) is 2. The number of methoxy groups -OCH3 is 8. The minimum Gasteiger partial charge on any atom is -0.497 e. The van der Waals surface area contributed by atoms with Crippen molar-refractivity contribution in [2.24, 2.45) is 0 Å². The van der Waals surface area contributed by atoms with Crippen LogP contribution in [0.25, 0.3) is 0 Å². The van der Waals surface area contributed by atoms with Crippen molar-refractivity contribution in [3.05, 3.63) is 139 Å². The molecule has 8 aliphatic heterocycles. The third-order valence-electron chi connectivity index (χ3n) is 17.7. The van der Waals surface area contributed by atoms with Crippen LogP contribution >= 0.6 is 0 Å². The van der Waals surface area contributed by atoms with E-state index in [1.165, 1.54) is 44.5 Å². The van der Waals surface area contributed by atoms with E-state index in [2.05, 4.69) is 57.2 Å². The van der Waals surface area contributed by atoms with Gasteiger partial charge in [-0.2, -0.15) is 0 Å². The standard InChI is InChI=1S/C22H27NO5.C21H23NO5.C20H21NO4/c1-25-19-10-20(26-2)17(12-24)15-8-18-14-9-22(28-4)21(27-3)7-13(14)5-6-23(18)11-16(15)19;1-24-18-8-19(25-2)16(10-23)14-6-17-13-7-21-20(26-11-27-21)5-12(13)3-4-22(17)9-15(14)18;1-22-14-5-13-6-17-15-9-20-19(24-11-25-20)7-12(15)3-4-21(17)10-16(13)18(8-14)23-2/h7,9-10,18,24H,5-6,8,11-12H2,1-4H3;5,7-8,17,23H,3-4,6,9-11H2,1-2H3;5,7-9,17H,3-4,6,10-11H2,1-2H3/t18-;2*17-/m000/s1. The molecule has 422 valence electrons. The zero-order valence-corrected chi connectivity index (χ0v) is 47.0. The molecule has 14 rings (SSSR count). The van der Waals surface area contributed by atoms with Gasteiger partial charge in [0.25, 0.3) is 0 Å². The number of rotatable bonds is 10. The van der Waals surface area contributed by atoms with Gasteiger partial charge in [0.1, 0.15) is 34.5 Å². The van der Waals surface area contributed by atoms with Crippen LogP contribution in [0.5, 0.6) is 69.0 Å². The third kappa shape index (κ3) is 9.35. The molecule has 0 saturated carbocycles. The lowest BCUT2D eigenvalue weighted by atomic mass is 9.81. The summed E-state index contributed by atoms with van der Waals surface area (Å²) in [5.74, 6) is 9.72. The molecule has 0 amide bonds. The van der Waals surface area contributed by atoms with Crippen LogP contribution < -0.4 is 56.8 Å². The quantitative estimate of drug-likeness (QED) is 0.134. The first-order valence-electron chi connectivity index (χ1n) is 27.4. The van der Waals surface area contributed by atoms with Gasteiger partial charge < -0.3 is 67.1 Å². The maximum Gasteiger partial charge on any atom is 0.231 e. The molecule has 0 radical (unpaired) electrons. The van der Waals surface area contributed by atoms with E-state index in [9.17, 15) is 10.2 Å². The van der Waals surface area contributed by atoms with Crippen molar-refractivity contribution in [2.75, 3.05) is 90.1 Å². The molecule has 8 aliphatic rings. The van der Waals surface area contributed by atoms with Gasteiger partial charge >= 0.3 is 0 Å². The Labute approximate surface area is 467 Å². The first-order valence-corrected chi connectivity index (χ1v) is 27.4. The molecular formula is C63H71N3O14. The highest BCUT2D eigenvalue weighted by Gasteiger charge is 2.40. The van der Waals surface area contributed by atoms with Gasteiger partial charge in [0.15, 0.2) is 34.5 Å². The van der Waals surface area contributed by atoms with E-state index in [4.69, 9.17) is 56.8 Å². The van der Waals surface area contributed by atoms with Crippen molar-refractivity contribution in [1.82, 2.24) is 14.7 Å². The van der Waals surface area contributed by atoms with Gasteiger partial charge in [0.05, 0.1) is 70.1 Å². The van der Waals surface area contributed by atoms with Crippen LogP contribution in [-0.4, -0.2) is 115 Å². The Morgan fingerprint density at radius 3 is 1.20 bits per heavy atom. The van der Waals surface area contributed by atoms with Gasteiger partial charge in [-0.25, -0.2) is 0 Å². The fourth-order valence-corrected chi connectivity index (χ4v) is 13.7. The minimum atomic E-state index is -0.0546. The first kappa shape index (κ1) is 53.4. The number of aliphatic hydroxyl groups is 2. The normalized spacial score (nSPS) is 19.4. The smallest absolute Gasteiger partial charge is 0.231 e. The predicted molar refractivity (Wildman–Crippen MR) is 297 cm³/mol. The number of nitrogens with zero attached hydrogens (tertiary/aromatic N) is 3. The molecule has 0 spiro atoms. The van der Waals surface area contributed by atoms with Gasteiger partial charge in [0, 0.05) is 103 Å². The fraction of sp³-hybridized carbons (Fsp3) is 0.429. The molecule has 80 heavy (non-hydrogen) atoms. The van der Waals surface area contributed by atoms with Gasteiger partial charge in [-0.3, -0.25) is 14.7 Å². The van der Waals surface area contributed by atoms with Crippen LogP contribution in [-0.2, 0) is 71.4 Å². The van der Waals surface area contributed by atoms with Crippen molar-refractivity contribution in [2.45, 2.75) is 89.5 Å². The van der Waals surface area contributed by atoms with E-state index in [1.54, 1.807) is 56.9 Å². The Balaban J connectivity index is 0.000000120. The molecule has 8 heterocycles. The second kappa shape index (κ2) is 22.3. The zero-order valence-electron chi connectivity index (χ0n) is 47.0. The summed E-state index contributed by atoms with van der Waals surface area (Å²) < 4.78 is 66.8. The van der Waals surface area contributed by atoms with Crippen molar-refractivity contribution in [1.29, 1.82) is 0 Å². The first-order chi connectivity index (χ1) is 39.1. The summed E-state index contributed by atoms with van der Waals surface area (Å²) in [7, 11) is 13.4. The second-order valence-electron chi connectivity index (χ2n) is 21.3. The molecule has 2 N–H and O–H groups in total. The molecule has 3 atom stereocenters. The van der Waals surface area contributed by atoms with E-state index in [1.807, 2.05) is 18.2 Å². The summed E-state index contributed by atoms with van der Waals surface area (Å²) in [5.41, 5.74) is 16.8.